The van der Waals surface area contributed by atoms with Gasteiger partial charge in [-0.05, 0) is 62.2 Å². The number of aromatic nitrogens is 3. The summed E-state index contributed by atoms with van der Waals surface area (Å²) < 4.78 is 9.81. The van der Waals surface area contributed by atoms with Crippen molar-refractivity contribution in [2.24, 2.45) is 0 Å². The maximum absolute atomic E-state index is 12.9. The molecule has 6 nitrogen and oxygen atoms in total. The van der Waals surface area contributed by atoms with Gasteiger partial charge in [0.15, 0.2) is 6.61 Å². The highest BCUT2D eigenvalue weighted by atomic mass is 16.5. The number of benzene rings is 2. The lowest BCUT2D eigenvalue weighted by atomic mass is 10.1. The van der Waals surface area contributed by atoms with Crippen molar-refractivity contribution in [2.45, 2.75) is 33.9 Å². The van der Waals surface area contributed by atoms with Crippen LogP contribution in [0.3, 0.4) is 0 Å². The average Bonchev–Trinajstić information content (AvgIpc) is 3.48. The quantitative estimate of drug-likeness (QED) is 0.472. The first kappa shape index (κ1) is 20.1. The monoisotopic (exact) mass is 426 g/mol. The van der Waals surface area contributed by atoms with Gasteiger partial charge in [0.1, 0.15) is 11.6 Å². The number of nitrogens with zero attached hydrogens (tertiary/aromatic N) is 4. The van der Waals surface area contributed by atoms with Gasteiger partial charge in [-0.15, -0.1) is 0 Å². The van der Waals surface area contributed by atoms with Crippen LogP contribution in [0, 0.1) is 20.8 Å². The molecule has 2 aromatic carbocycles. The van der Waals surface area contributed by atoms with E-state index in [0.29, 0.717) is 18.8 Å². The molecule has 3 heterocycles. The molecule has 0 bridgehead atoms. The molecular weight excluding hydrogens is 400 g/mol. The molecule has 32 heavy (non-hydrogen) atoms. The number of rotatable bonds is 5. The van der Waals surface area contributed by atoms with Gasteiger partial charge in [0, 0.05) is 18.0 Å². The summed E-state index contributed by atoms with van der Waals surface area (Å²) in [6.45, 7) is 7.22. The van der Waals surface area contributed by atoms with Crippen molar-refractivity contribution >= 4 is 5.91 Å². The van der Waals surface area contributed by atoms with Crippen molar-refractivity contribution in [1.82, 2.24) is 19.2 Å². The highest BCUT2D eigenvalue weighted by Gasteiger charge is 2.31. The molecule has 4 aromatic rings. The molecule has 1 amide bonds. The van der Waals surface area contributed by atoms with E-state index in [2.05, 4.69) is 36.6 Å². The van der Waals surface area contributed by atoms with Gasteiger partial charge in [0.25, 0.3) is 5.91 Å². The van der Waals surface area contributed by atoms with Crippen LogP contribution in [0.15, 0.2) is 67.0 Å². The van der Waals surface area contributed by atoms with E-state index in [0.717, 1.165) is 28.3 Å². The minimum Gasteiger partial charge on any atom is -0.484 e. The average molecular weight is 427 g/mol. The standard InChI is InChI=1S/C26H26N4O2/c1-18-7-6-8-21(14-18)32-17-25(31)29-15-22-23(16-29)27-30(26(22)28-11-4-5-12-28)24-10-9-19(2)13-20(24)3/h4-14H,15-17H2,1-3H3. The maximum atomic E-state index is 12.9. The molecule has 0 radical (unpaired) electrons. The molecule has 1 aliphatic heterocycles. The molecule has 0 spiro atoms. The van der Waals surface area contributed by atoms with Crippen LogP contribution in [0.2, 0.25) is 0 Å². The van der Waals surface area contributed by atoms with Crippen LogP contribution in [0.4, 0.5) is 0 Å². The first-order valence-electron chi connectivity index (χ1n) is 10.8. The molecule has 0 fully saturated rings. The Morgan fingerprint density at radius 3 is 2.50 bits per heavy atom. The molecule has 2 aromatic heterocycles. The Hall–Kier alpha value is -3.80. The van der Waals surface area contributed by atoms with Gasteiger partial charge in [-0.2, -0.15) is 5.10 Å². The van der Waals surface area contributed by atoms with Crippen LogP contribution in [0.5, 0.6) is 5.75 Å². The number of ether oxygens (including phenoxy) is 1. The van der Waals surface area contributed by atoms with Crippen molar-refractivity contribution in [3.63, 3.8) is 0 Å². The summed E-state index contributed by atoms with van der Waals surface area (Å²) in [5.74, 6) is 1.65. The highest BCUT2D eigenvalue weighted by Crippen LogP contribution is 2.31. The van der Waals surface area contributed by atoms with Crippen LogP contribution in [-0.4, -0.2) is 31.8 Å². The third-order valence-electron chi connectivity index (χ3n) is 5.86. The van der Waals surface area contributed by atoms with Gasteiger partial charge in [0.05, 0.1) is 24.5 Å². The summed E-state index contributed by atoms with van der Waals surface area (Å²) in [5, 5.41) is 4.93. The van der Waals surface area contributed by atoms with Crippen molar-refractivity contribution in [3.05, 3.63) is 94.9 Å². The van der Waals surface area contributed by atoms with E-state index in [4.69, 9.17) is 9.84 Å². The second kappa shape index (κ2) is 8.04. The Bertz CT molecular complexity index is 1290. The van der Waals surface area contributed by atoms with Crippen LogP contribution in [0.25, 0.3) is 11.5 Å². The molecule has 0 saturated carbocycles. The Balaban J connectivity index is 1.42. The molecule has 0 atom stereocenters. The predicted octanol–water partition coefficient (Wildman–Crippen LogP) is 4.51. The second-order valence-corrected chi connectivity index (χ2v) is 8.40. The van der Waals surface area contributed by atoms with Crippen LogP contribution in [-0.2, 0) is 17.9 Å². The molecule has 5 rings (SSSR count). The molecule has 0 unspecified atom stereocenters. The third-order valence-corrected chi connectivity index (χ3v) is 5.86. The number of carbonyl (C=O) groups is 1. The van der Waals surface area contributed by atoms with Crippen LogP contribution >= 0.6 is 0 Å². The topological polar surface area (TPSA) is 52.3 Å². The Morgan fingerprint density at radius 1 is 0.969 bits per heavy atom. The Morgan fingerprint density at radius 2 is 1.75 bits per heavy atom. The predicted molar refractivity (Wildman–Crippen MR) is 123 cm³/mol. The summed E-state index contributed by atoms with van der Waals surface area (Å²) in [6.07, 6.45) is 4.03. The third kappa shape index (κ3) is 3.68. The molecular formula is C26H26N4O2. The van der Waals surface area contributed by atoms with Gasteiger partial charge in [-0.25, -0.2) is 4.68 Å². The minimum atomic E-state index is -0.0407. The van der Waals surface area contributed by atoms with Crippen LogP contribution in [0.1, 0.15) is 27.9 Å². The van der Waals surface area contributed by atoms with E-state index in [1.165, 1.54) is 11.1 Å². The largest absolute Gasteiger partial charge is 0.484 e. The zero-order valence-corrected chi connectivity index (χ0v) is 18.6. The highest BCUT2D eigenvalue weighted by molar-refractivity contribution is 5.78. The van der Waals surface area contributed by atoms with E-state index in [1.54, 1.807) is 0 Å². The zero-order chi connectivity index (χ0) is 22.2. The normalized spacial score (nSPS) is 12.8. The lowest BCUT2D eigenvalue weighted by Gasteiger charge is -2.18. The van der Waals surface area contributed by atoms with Gasteiger partial charge in [-0.1, -0.05) is 29.8 Å². The van der Waals surface area contributed by atoms with Crippen molar-refractivity contribution < 1.29 is 9.53 Å². The SMILES string of the molecule is Cc1cccc(OCC(=O)N2Cc3nn(-c4ccc(C)cc4C)c(-n4cccc4)c3C2)c1. The summed E-state index contributed by atoms with van der Waals surface area (Å²) in [5.41, 5.74) is 6.54. The van der Waals surface area contributed by atoms with Crippen molar-refractivity contribution in [2.75, 3.05) is 6.61 Å². The minimum absolute atomic E-state index is 0.0175. The molecule has 0 saturated heterocycles. The first-order chi connectivity index (χ1) is 15.5. The number of aryl methyl sites for hydroxylation is 3. The molecule has 162 valence electrons. The maximum Gasteiger partial charge on any atom is 0.261 e. The number of amides is 1. The number of carbonyl (C=O) groups excluding carboxylic acids is 1. The summed E-state index contributed by atoms with van der Waals surface area (Å²) in [4.78, 5) is 14.7. The van der Waals surface area contributed by atoms with Gasteiger partial charge in [-0.3, -0.25) is 4.79 Å². The molecule has 0 aliphatic carbocycles. The van der Waals surface area contributed by atoms with Crippen LogP contribution < -0.4 is 4.74 Å². The lowest BCUT2D eigenvalue weighted by Crippen LogP contribution is -2.31. The molecule has 6 heteroatoms. The first-order valence-corrected chi connectivity index (χ1v) is 10.8. The molecule has 1 aliphatic rings. The smallest absolute Gasteiger partial charge is 0.261 e. The molecule has 0 N–H and O–H groups in total. The van der Waals surface area contributed by atoms with E-state index < -0.39 is 0 Å². The van der Waals surface area contributed by atoms with E-state index >= 15 is 0 Å². The second-order valence-electron chi connectivity index (χ2n) is 8.40. The number of hydrogen-bond acceptors (Lipinski definition) is 3. The fraction of sp³-hybridized carbons (Fsp3) is 0.231. The zero-order valence-electron chi connectivity index (χ0n) is 18.6. The fourth-order valence-corrected chi connectivity index (χ4v) is 4.27. The van der Waals surface area contributed by atoms with Crippen molar-refractivity contribution in [1.29, 1.82) is 0 Å². The summed E-state index contributed by atoms with van der Waals surface area (Å²) in [6, 6.07) is 18.1. The van der Waals surface area contributed by atoms with Crippen molar-refractivity contribution in [3.8, 4) is 17.3 Å². The van der Waals surface area contributed by atoms with E-state index in [9.17, 15) is 4.79 Å². The van der Waals surface area contributed by atoms with E-state index in [-0.39, 0.29) is 12.5 Å². The van der Waals surface area contributed by atoms with Gasteiger partial charge < -0.3 is 14.2 Å². The summed E-state index contributed by atoms with van der Waals surface area (Å²) >= 11 is 0. The Labute approximate surface area is 187 Å². The van der Waals surface area contributed by atoms with Gasteiger partial charge in [0.2, 0.25) is 0 Å². The van der Waals surface area contributed by atoms with Gasteiger partial charge >= 0.3 is 0 Å². The van der Waals surface area contributed by atoms with E-state index in [1.807, 2.05) is 65.3 Å². The number of hydrogen-bond donors (Lipinski definition) is 0. The fourth-order valence-electron chi connectivity index (χ4n) is 4.27. The Kier molecular flexibility index (Phi) is 5.05. The summed E-state index contributed by atoms with van der Waals surface area (Å²) in [7, 11) is 0. The lowest BCUT2D eigenvalue weighted by molar-refractivity contribution is -0.134. The number of fused-ring (bicyclic) bond motifs is 1.